The third-order valence-electron chi connectivity index (χ3n) is 1.12. The molecule has 0 aromatic rings. The Balaban J connectivity index is 0. The van der Waals surface area contributed by atoms with Gasteiger partial charge in [0.05, 0.1) is 0 Å². The lowest BCUT2D eigenvalue weighted by atomic mass is 10.2. The van der Waals surface area contributed by atoms with Crippen molar-refractivity contribution in [3.05, 3.63) is 0 Å². The van der Waals surface area contributed by atoms with Crippen LogP contribution in [-0.2, 0) is 0 Å². The number of hydrogen-bond donors (Lipinski definition) is 1. The Hall–Kier alpha value is 0.310. The van der Waals surface area contributed by atoms with Gasteiger partial charge in [-0.25, -0.2) is 0 Å². The van der Waals surface area contributed by atoms with Gasteiger partial charge in [-0.3, -0.25) is 0 Å². The molecule has 1 fully saturated rings. The molecular formula is C9H23NS. The molecule has 0 radical (unpaired) electrons. The van der Waals surface area contributed by atoms with E-state index in [0.717, 1.165) is 12.4 Å². The summed E-state index contributed by atoms with van der Waals surface area (Å²) in [6, 6.07) is 0. The Bertz CT molecular complexity index is 64.0. The van der Waals surface area contributed by atoms with Crippen LogP contribution >= 0.6 is 11.8 Å². The molecule has 0 unspecified atom stereocenters. The van der Waals surface area contributed by atoms with Crippen LogP contribution in [0.4, 0.5) is 0 Å². The van der Waals surface area contributed by atoms with Crippen molar-refractivity contribution >= 4 is 11.8 Å². The zero-order valence-corrected chi connectivity index (χ0v) is 9.64. The fourth-order valence-corrected chi connectivity index (χ4v) is 1.45. The number of thioether (sulfide) groups is 1. The van der Waals surface area contributed by atoms with E-state index in [-0.39, 0.29) is 0 Å². The van der Waals surface area contributed by atoms with Crippen molar-refractivity contribution in [3.63, 3.8) is 0 Å². The molecule has 0 saturated carbocycles. The third-order valence-corrected chi connectivity index (χ3v) is 2.39. The highest BCUT2D eigenvalue weighted by Crippen LogP contribution is 2.26. The fraction of sp³-hybridized carbons (Fsp3) is 1.00. The summed E-state index contributed by atoms with van der Waals surface area (Å²) in [5.41, 5.74) is 0. The molecular weight excluding hydrogens is 154 g/mol. The second-order valence-corrected chi connectivity index (χ2v) is 4.16. The van der Waals surface area contributed by atoms with E-state index in [9.17, 15) is 0 Å². The largest absolute Gasteiger partial charge is 0.306 e. The standard InChI is InChI=1S/C5H11NS.2C2H6/c1-5(2)3-6-4-7-5;2*1-2/h6H,3-4H2,1-2H3;2*1-2H3. The minimum atomic E-state index is 0.500. The number of rotatable bonds is 0. The summed E-state index contributed by atoms with van der Waals surface area (Å²) in [6.45, 7) is 13.7. The SMILES string of the molecule is CC.CC.CC1(C)CNCS1. The molecule has 0 atom stereocenters. The molecule has 1 aliphatic rings. The summed E-state index contributed by atoms with van der Waals surface area (Å²) in [4.78, 5) is 0. The van der Waals surface area contributed by atoms with Crippen LogP contribution in [0.3, 0.4) is 0 Å². The van der Waals surface area contributed by atoms with Gasteiger partial charge in [-0.1, -0.05) is 27.7 Å². The van der Waals surface area contributed by atoms with E-state index < -0.39 is 0 Å². The van der Waals surface area contributed by atoms with Crippen molar-refractivity contribution in [2.24, 2.45) is 0 Å². The molecule has 2 heteroatoms. The van der Waals surface area contributed by atoms with Gasteiger partial charge in [0.25, 0.3) is 0 Å². The van der Waals surface area contributed by atoms with Gasteiger partial charge in [-0.05, 0) is 13.8 Å². The van der Waals surface area contributed by atoms with Gasteiger partial charge in [0.2, 0.25) is 0 Å². The zero-order valence-electron chi connectivity index (χ0n) is 8.82. The molecule has 11 heavy (non-hydrogen) atoms. The first-order valence-electron chi connectivity index (χ1n) is 4.55. The van der Waals surface area contributed by atoms with Crippen LogP contribution in [0.1, 0.15) is 41.5 Å². The van der Waals surface area contributed by atoms with Crippen LogP contribution in [0.2, 0.25) is 0 Å². The Morgan fingerprint density at radius 3 is 1.64 bits per heavy atom. The van der Waals surface area contributed by atoms with Gasteiger partial charge in [0.15, 0.2) is 0 Å². The minimum Gasteiger partial charge on any atom is -0.306 e. The second kappa shape index (κ2) is 8.41. The van der Waals surface area contributed by atoms with Crippen LogP contribution in [0, 0.1) is 0 Å². The highest BCUT2D eigenvalue weighted by atomic mass is 32.2. The van der Waals surface area contributed by atoms with Gasteiger partial charge in [0, 0.05) is 17.2 Å². The Kier molecular flexibility index (Phi) is 10.6. The van der Waals surface area contributed by atoms with Gasteiger partial charge < -0.3 is 5.32 Å². The lowest BCUT2D eigenvalue weighted by Crippen LogP contribution is -2.20. The van der Waals surface area contributed by atoms with E-state index in [2.05, 4.69) is 19.2 Å². The summed E-state index contributed by atoms with van der Waals surface area (Å²) in [5, 5.41) is 3.28. The predicted molar refractivity (Wildman–Crippen MR) is 57.2 cm³/mol. The zero-order chi connectivity index (χ0) is 9.33. The predicted octanol–water partition coefficient (Wildman–Crippen LogP) is 3.11. The lowest BCUT2D eigenvalue weighted by molar-refractivity contribution is 0.674. The minimum absolute atomic E-state index is 0.500. The van der Waals surface area contributed by atoms with Gasteiger partial charge in [-0.2, -0.15) is 0 Å². The Labute approximate surface area is 76.3 Å². The summed E-state index contributed by atoms with van der Waals surface area (Å²) in [7, 11) is 0. The van der Waals surface area contributed by atoms with E-state index in [1.165, 1.54) is 0 Å². The molecule has 0 bridgehead atoms. The van der Waals surface area contributed by atoms with Crippen molar-refractivity contribution in [1.82, 2.24) is 5.32 Å². The molecule has 1 heterocycles. The second-order valence-electron chi connectivity index (χ2n) is 2.48. The maximum atomic E-state index is 3.28. The molecule has 0 aliphatic carbocycles. The molecule has 0 amide bonds. The summed E-state index contributed by atoms with van der Waals surface area (Å²) >= 11 is 1.99. The Morgan fingerprint density at radius 1 is 1.09 bits per heavy atom. The van der Waals surface area contributed by atoms with E-state index in [0.29, 0.717) is 4.75 Å². The molecule has 1 aliphatic heterocycles. The van der Waals surface area contributed by atoms with Crippen molar-refractivity contribution in [2.45, 2.75) is 46.3 Å². The normalized spacial score (nSPS) is 19.1. The topological polar surface area (TPSA) is 12.0 Å². The molecule has 1 N–H and O–H groups in total. The van der Waals surface area contributed by atoms with Crippen LogP contribution in [-0.4, -0.2) is 17.2 Å². The van der Waals surface area contributed by atoms with Crippen molar-refractivity contribution in [2.75, 3.05) is 12.4 Å². The third kappa shape index (κ3) is 8.21. The van der Waals surface area contributed by atoms with Gasteiger partial charge in [-0.15, -0.1) is 11.8 Å². The van der Waals surface area contributed by atoms with Crippen LogP contribution in [0.15, 0.2) is 0 Å². The molecule has 0 aromatic heterocycles. The number of nitrogens with one attached hydrogen (secondary N) is 1. The van der Waals surface area contributed by atoms with Crippen LogP contribution < -0.4 is 5.32 Å². The van der Waals surface area contributed by atoms with Crippen molar-refractivity contribution < 1.29 is 0 Å². The number of hydrogen-bond acceptors (Lipinski definition) is 2. The summed E-state index contributed by atoms with van der Waals surface area (Å²) < 4.78 is 0.500. The first-order valence-corrected chi connectivity index (χ1v) is 5.54. The van der Waals surface area contributed by atoms with E-state index in [1.54, 1.807) is 0 Å². The van der Waals surface area contributed by atoms with E-state index in [1.807, 2.05) is 39.5 Å². The average molecular weight is 177 g/mol. The fourth-order valence-electron chi connectivity index (χ4n) is 0.649. The first kappa shape index (κ1) is 13.9. The van der Waals surface area contributed by atoms with Crippen LogP contribution in [0.25, 0.3) is 0 Å². The maximum absolute atomic E-state index is 3.28. The smallest absolute Gasteiger partial charge is 0.0424 e. The lowest BCUT2D eigenvalue weighted by Gasteiger charge is -2.11. The first-order chi connectivity index (χ1) is 5.21. The molecule has 0 aromatic carbocycles. The average Bonchev–Trinajstić information content (AvgIpc) is 2.43. The quantitative estimate of drug-likeness (QED) is 0.610. The monoisotopic (exact) mass is 177 g/mol. The maximum Gasteiger partial charge on any atom is 0.0424 e. The highest BCUT2D eigenvalue weighted by Gasteiger charge is 2.22. The van der Waals surface area contributed by atoms with E-state index >= 15 is 0 Å². The van der Waals surface area contributed by atoms with Crippen molar-refractivity contribution in [1.29, 1.82) is 0 Å². The summed E-state index contributed by atoms with van der Waals surface area (Å²) in [5.74, 6) is 1.13. The van der Waals surface area contributed by atoms with E-state index in [4.69, 9.17) is 0 Å². The van der Waals surface area contributed by atoms with Crippen LogP contribution in [0.5, 0.6) is 0 Å². The molecule has 70 valence electrons. The summed E-state index contributed by atoms with van der Waals surface area (Å²) in [6.07, 6.45) is 0. The molecule has 1 nitrogen and oxygen atoms in total. The Morgan fingerprint density at radius 2 is 1.55 bits per heavy atom. The van der Waals surface area contributed by atoms with Gasteiger partial charge >= 0.3 is 0 Å². The highest BCUT2D eigenvalue weighted by molar-refractivity contribution is 8.00. The van der Waals surface area contributed by atoms with Gasteiger partial charge in [0.1, 0.15) is 0 Å². The molecule has 1 saturated heterocycles. The molecule has 0 spiro atoms. The van der Waals surface area contributed by atoms with Crippen molar-refractivity contribution in [3.8, 4) is 0 Å². The molecule has 1 rings (SSSR count).